The minimum atomic E-state index is 0.0338. The predicted octanol–water partition coefficient (Wildman–Crippen LogP) is 0.0708. The maximum Gasteiger partial charge on any atom is 0.317 e. The van der Waals surface area contributed by atoms with Gasteiger partial charge in [0.2, 0.25) is 0 Å². The largest absolute Gasteiger partial charge is 0.341 e. The Morgan fingerprint density at radius 1 is 1.38 bits per heavy atom. The Morgan fingerprint density at radius 2 is 2.00 bits per heavy atom. The first-order valence-corrected chi connectivity index (χ1v) is 6.13. The predicted molar refractivity (Wildman–Crippen MR) is 65.4 cm³/mol. The second kappa shape index (κ2) is 6.70. The van der Waals surface area contributed by atoms with Crippen molar-refractivity contribution in [2.45, 2.75) is 25.8 Å². The van der Waals surface area contributed by atoms with Crippen LogP contribution in [0, 0.1) is 0 Å². The zero-order valence-corrected chi connectivity index (χ0v) is 10.4. The van der Waals surface area contributed by atoms with E-state index in [2.05, 4.69) is 17.1 Å². The fraction of sp³-hybridized carbons (Fsp3) is 0.909. The number of carbonyl (C=O) groups is 1. The van der Waals surface area contributed by atoms with Gasteiger partial charge in [0.1, 0.15) is 0 Å². The summed E-state index contributed by atoms with van der Waals surface area (Å²) < 4.78 is 0. The topological polar surface area (TPSA) is 61.6 Å². The van der Waals surface area contributed by atoms with E-state index >= 15 is 0 Å². The van der Waals surface area contributed by atoms with Crippen molar-refractivity contribution in [3.05, 3.63) is 0 Å². The van der Waals surface area contributed by atoms with Gasteiger partial charge in [0.05, 0.1) is 0 Å². The molecule has 0 aromatic carbocycles. The number of amides is 2. The summed E-state index contributed by atoms with van der Waals surface area (Å²) in [6.45, 7) is 6.51. The van der Waals surface area contributed by atoms with E-state index in [0.717, 1.165) is 45.6 Å². The van der Waals surface area contributed by atoms with Gasteiger partial charge >= 0.3 is 6.03 Å². The number of nitrogens with two attached hydrogens (primary N) is 1. The maximum absolute atomic E-state index is 11.4. The van der Waals surface area contributed by atoms with Gasteiger partial charge in [-0.3, -0.25) is 4.90 Å². The average molecular weight is 228 g/mol. The molecule has 1 aliphatic heterocycles. The molecule has 1 aliphatic rings. The van der Waals surface area contributed by atoms with Crippen LogP contribution in [0.15, 0.2) is 0 Å². The van der Waals surface area contributed by atoms with E-state index in [1.807, 2.05) is 4.90 Å². The normalized spacial score (nSPS) is 19.6. The van der Waals surface area contributed by atoms with Crippen molar-refractivity contribution in [2.24, 2.45) is 5.73 Å². The molecule has 0 saturated carbocycles. The molecule has 2 amide bonds. The molecule has 1 rings (SSSR count). The zero-order chi connectivity index (χ0) is 12.0. The van der Waals surface area contributed by atoms with Gasteiger partial charge in [0.25, 0.3) is 0 Å². The molecule has 3 N–H and O–H groups in total. The molecule has 1 fully saturated rings. The standard InChI is InChI=1S/C11H24N4O/c1-3-10(4-5-12)14-6-8-15(9-7-14)11(16)13-2/h10H,3-9,12H2,1-2H3,(H,13,16). The average Bonchev–Trinajstić information content (AvgIpc) is 2.35. The number of nitrogens with zero attached hydrogens (tertiary/aromatic N) is 2. The van der Waals surface area contributed by atoms with Crippen LogP contribution in [-0.4, -0.2) is 61.6 Å². The Morgan fingerprint density at radius 3 is 2.44 bits per heavy atom. The molecule has 94 valence electrons. The summed E-state index contributed by atoms with van der Waals surface area (Å²) in [6, 6.07) is 0.614. The van der Waals surface area contributed by atoms with Gasteiger partial charge < -0.3 is 16.0 Å². The van der Waals surface area contributed by atoms with Crippen LogP contribution in [0.25, 0.3) is 0 Å². The molecule has 0 spiro atoms. The van der Waals surface area contributed by atoms with Crippen molar-refractivity contribution in [1.29, 1.82) is 0 Å². The highest BCUT2D eigenvalue weighted by Gasteiger charge is 2.24. The third kappa shape index (κ3) is 3.35. The van der Waals surface area contributed by atoms with E-state index in [4.69, 9.17) is 5.73 Å². The Balaban J connectivity index is 2.38. The van der Waals surface area contributed by atoms with Crippen molar-refractivity contribution in [3.8, 4) is 0 Å². The number of nitrogens with one attached hydrogen (secondary N) is 1. The third-order valence-corrected chi connectivity index (χ3v) is 3.30. The molecule has 0 radical (unpaired) electrons. The summed E-state index contributed by atoms with van der Waals surface area (Å²) in [6.07, 6.45) is 2.19. The Labute approximate surface area is 98.0 Å². The summed E-state index contributed by atoms with van der Waals surface area (Å²) in [5.41, 5.74) is 5.61. The minimum Gasteiger partial charge on any atom is -0.341 e. The van der Waals surface area contributed by atoms with Gasteiger partial charge in [-0.05, 0) is 19.4 Å². The van der Waals surface area contributed by atoms with E-state index in [9.17, 15) is 4.79 Å². The van der Waals surface area contributed by atoms with Gasteiger partial charge in [0, 0.05) is 39.3 Å². The number of hydrogen-bond acceptors (Lipinski definition) is 3. The molecule has 5 heteroatoms. The smallest absolute Gasteiger partial charge is 0.317 e. The number of piperazine rings is 1. The molecular weight excluding hydrogens is 204 g/mol. The SMILES string of the molecule is CCC(CCN)N1CCN(C(=O)NC)CC1. The van der Waals surface area contributed by atoms with Crippen LogP contribution < -0.4 is 11.1 Å². The zero-order valence-electron chi connectivity index (χ0n) is 10.4. The van der Waals surface area contributed by atoms with Gasteiger partial charge in [0.15, 0.2) is 0 Å². The van der Waals surface area contributed by atoms with E-state index < -0.39 is 0 Å². The molecular formula is C11H24N4O. The van der Waals surface area contributed by atoms with Gasteiger partial charge in [-0.15, -0.1) is 0 Å². The molecule has 0 aromatic heterocycles. The Hall–Kier alpha value is -0.810. The molecule has 1 unspecified atom stereocenters. The van der Waals surface area contributed by atoms with Crippen molar-refractivity contribution >= 4 is 6.03 Å². The van der Waals surface area contributed by atoms with Crippen molar-refractivity contribution in [2.75, 3.05) is 39.8 Å². The van der Waals surface area contributed by atoms with E-state index in [0.29, 0.717) is 6.04 Å². The van der Waals surface area contributed by atoms with Crippen LogP contribution in [0.4, 0.5) is 4.79 Å². The summed E-state index contributed by atoms with van der Waals surface area (Å²) in [5.74, 6) is 0. The second-order valence-corrected chi connectivity index (χ2v) is 4.22. The van der Waals surface area contributed by atoms with Crippen LogP contribution in [0.2, 0.25) is 0 Å². The fourth-order valence-corrected chi connectivity index (χ4v) is 2.29. The highest BCUT2D eigenvalue weighted by atomic mass is 16.2. The molecule has 1 heterocycles. The fourth-order valence-electron chi connectivity index (χ4n) is 2.29. The number of rotatable bonds is 4. The van der Waals surface area contributed by atoms with Gasteiger partial charge in [-0.25, -0.2) is 4.79 Å². The maximum atomic E-state index is 11.4. The van der Waals surface area contributed by atoms with Crippen LogP contribution in [-0.2, 0) is 0 Å². The molecule has 1 atom stereocenters. The molecule has 16 heavy (non-hydrogen) atoms. The van der Waals surface area contributed by atoms with Crippen LogP contribution >= 0.6 is 0 Å². The monoisotopic (exact) mass is 228 g/mol. The van der Waals surface area contributed by atoms with E-state index in [1.54, 1.807) is 7.05 Å². The first-order valence-electron chi connectivity index (χ1n) is 6.13. The van der Waals surface area contributed by atoms with Crippen molar-refractivity contribution in [3.63, 3.8) is 0 Å². The first kappa shape index (κ1) is 13.3. The van der Waals surface area contributed by atoms with Crippen LogP contribution in [0.1, 0.15) is 19.8 Å². The lowest BCUT2D eigenvalue weighted by Gasteiger charge is -2.38. The van der Waals surface area contributed by atoms with Crippen molar-refractivity contribution in [1.82, 2.24) is 15.1 Å². The molecule has 1 saturated heterocycles. The van der Waals surface area contributed by atoms with Crippen LogP contribution in [0.3, 0.4) is 0 Å². The van der Waals surface area contributed by atoms with E-state index in [-0.39, 0.29) is 6.03 Å². The first-order chi connectivity index (χ1) is 7.72. The Bertz CT molecular complexity index is 214. The highest BCUT2D eigenvalue weighted by Crippen LogP contribution is 2.11. The van der Waals surface area contributed by atoms with Crippen molar-refractivity contribution < 1.29 is 4.79 Å². The summed E-state index contributed by atoms with van der Waals surface area (Å²) in [5, 5.41) is 2.67. The minimum absolute atomic E-state index is 0.0338. The highest BCUT2D eigenvalue weighted by molar-refractivity contribution is 5.73. The molecule has 5 nitrogen and oxygen atoms in total. The summed E-state index contributed by atoms with van der Waals surface area (Å²) in [4.78, 5) is 15.7. The number of hydrogen-bond donors (Lipinski definition) is 2. The summed E-state index contributed by atoms with van der Waals surface area (Å²) >= 11 is 0. The summed E-state index contributed by atoms with van der Waals surface area (Å²) in [7, 11) is 1.68. The van der Waals surface area contributed by atoms with Gasteiger partial charge in [-0.1, -0.05) is 6.92 Å². The molecule has 0 bridgehead atoms. The molecule has 0 aromatic rings. The lowest BCUT2D eigenvalue weighted by atomic mass is 10.1. The lowest BCUT2D eigenvalue weighted by molar-refractivity contribution is 0.104. The van der Waals surface area contributed by atoms with Gasteiger partial charge in [-0.2, -0.15) is 0 Å². The lowest BCUT2D eigenvalue weighted by Crippen LogP contribution is -2.53. The van der Waals surface area contributed by atoms with E-state index in [1.165, 1.54) is 0 Å². The number of carbonyl (C=O) groups excluding carboxylic acids is 1. The Kier molecular flexibility index (Phi) is 5.55. The van der Waals surface area contributed by atoms with Crippen LogP contribution in [0.5, 0.6) is 0 Å². The third-order valence-electron chi connectivity index (χ3n) is 3.30. The quantitative estimate of drug-likeness (QED) is 0.716. The number of urea groups is 1. The second-order valence-electron chi connectivity index (χ2n) is 4.22. The molecule has 0 aliphatic carbocycles.